The van der Waals surface area contributed by atoms with E-state index in [1.165, 1.54) is 41.6 Å². The van der Waals surface area contributed by atoms with Gasteiger partial charge in [0.2, 0.25) is 0 Å². The normalized spacial score (nSPS) is 16.2. The van der Waals surface area contributed by atoms with Crippen molar-refractivity contribution in [2.45, 2.75) is 51.7 Å². The van der Waals surface area contributed by atoms with Gasteiger partial charge in [0.05, 0.1) is 23.7 Å². The van der Waals surface area contributed by atoms with Crippen LogP contribution in [0.25, 0.3) is 0 Å². The van der Waals surface area contributed by atoms with Crippen molar-refractivity contribution in [3.05, 3.63) is 87.4 Å². The fourth-order valence-electron chi connectivity index (χ4n) is 4.36. The number of rotatable bonds is 7. The van der Waals surface area contributed by atoms with Crippen molar-refractivity contribution in [2.24, 2.45) is 0 Å². The molecule has 0 saturated heterocycles. The van der Waals surface area contributed by atoms with Crippen molar-refractivity contribution < 1.29 is 0 Å². The molecule has 0 aliphatic carbocycles. The fourth-order valence-corrected chi connectivity index (χ4v) is 4.74. The standard InChI is InChI=1S/C25H27BrN4/c1-2-3-4-25-24-13-22(26)10-9-21(24)11-12-29(25)17-23-15-28-18-30(23)16-20-7-5-19(14-27)6-8-20/h5-10,13,15,18,25H,2-4,11-12,16-17H2,1H3/t25-/m0/s1. The van der Waals surface area contributed by atoms with Gasteiger partial charge >= 0.3 is 0 Å². The molecular formula is C25H27BrN4. The molecule has 1 atom stereocenters. The molecule has 2 heterocycles. The Balaban J connectivity index is 1.54. The summed E-state index contributed by atoms with van der Waals surface area (Å²) in [6.45, 7) is 5.01. The molecule has 0 unspecified atom stereocenters. The molecule has 3 aromatic rings. The van der Waals surface area contributed by atoms with Gasteiger partial charge in [0.1, 0.15) is 0 Å². The van der Waals surface area contributed by atoms with Gasteiger partial charge in [0, 0.05) is 36.3 Å². The van der Waals surface area contributed by atoms with Gasteiger partial charge in [0.15, 0.2) is 0 Å². The number of hydrogen-bond donors (Lipinski definition) is 0. The van der Waals surface area contributed by atoms with Gasteiger partial charge in [-0.3, -0.25) is 4.90 Å². The Hall–Kier alpha value is -2.42. The van der Waals surface area contributed by atoms with Crippen molar-refractivity contribution in [3.63, 3.8) is 0 Å². The molecule has 0 amide bonds. The Morgan fingerprint density at radius 3 is 2.77 bits per heavy atom. The van der Waals surface area contributed by atoms with Crippen LogP contribution in [0.1, 0.15) is 60.2 Å². The summed E-state index contributed by atoms with van der Waals surface area (Å²) in [6, 6.07) is 17.2. The molecule has 1 aliphatic rings. The van der Waals surface area contributed by atoms with Gasteiger partial charge in [-0.1, -0.05) is 53.9 Å². The predicted molar refractivity (Wildman–Crippen MR) is 123 cm³/mol. The maximum absolute atomic E-state index is 9.01. The van der Waals surface area contributed by atoms with Crippen LogP contribution in [0, 0.1) is 11.3 Å². The Morgan fingerprint density at radius 2 is 2.00 bits per heavy atom. The van der Waals surface area contributed by atoms with Gasteiger partial charge in [-0.25, -0.2) is 4.98 Å². The van der Waals surface area contributed by atoms with Crippen LogP contribution in [-0.4, -0.2) is 21.0 Å². The highest BCUT2D eigenvalue weighted by Gasteiger charge is 2.27. The first-order valence-corrected chi connectivity index (χ1v) is 11.5. The van der Waals surface area contributed by atoms with Crippen LogP contribution in [0.5, 0.6) is 0 Å². The molecule has 2 aromatic carbocycles. The van der Waals surface area contributed by atoms with Crippen LogP contribution in [-0.2, 0) is 19.5 Å². The molecule has 4 rings (SSSR count). The average molecular weight is 463 g/mol. The van der Waals surface area contributed by atoms with Crippen molar-refractivity contribution in [3.8, 4) is 6.07 Å². The molecule has 0 N–H and O–H groups in total. The first-order chi connectivity index (χ1) is 14.7. The van der Waals surface area contributed by atoms with Crippen molar-refractivity contribution in [2.75, 3.05) is 6.54 Å². The highest BCUT2D eigenvalue weighted by Crippen LogP contribution is 2.36. The van der Waals surface area contributed by atoms with Crippen LogP contribution in [0.2, 0.25) is 0 Å². The molecule has 30 heavy (non-hydrogen) atoms. The van der Waals surface area contributed by atoms with Crippen LogP contribution in [0.3, 0.4) is 0 Å². The van der Waals surface area contributed by atoms with Gasteiger partial charge < -0.3 is 4.57 Å². The number of nitrogens with zero attached hydrogens (tertiary/aromatic N) is 4. The molecule has 0 bridgehead atoms. The van der Waals surface area contributed by atoms with E-state index in [0.29, 0.717) is 11.6 Å². The lowest BCUT2D eigenvalue weighted by Crippen LogP contribution is -2.35. The van der Waals surface area contributed by atoms with Crippen molar-refractivity contribution >= 4 is 15.9 Å². The lowest BCUT2D eigenvalue weighted by molar-refractivity contribution is 0.160. The van der Waals surface area contributed by atoms with Gasteiger partial charge in [-0.2, -0.15) is 5.26 Å². The summed E-state index contributed by atoms with van der Waals surface area (Å²) in [5.41, 5.74) is 6.08. The summed E-state index contributed by atoms with van der Waals surface area (Å²) in [4.78, 5) is 7.06. The zero-order valence-electron chi connectivity index (χ0n) is 17.4. The number of hydrogen-bond acceptors (Lipinski definition) is 3. The third kappa shape index (κ3) is 4.66. The molecule has 0 saturated carbocycles. The summed E-state index contributed by atoms with van der Waals surface area (Å²) in [5, 5.41) is 9.01. The van der Waals surface area contributed by atoms with E-state index in [0.717, 1.165) is 30.5 Å². The highest BCUT2D eigenvalue weighted by atomic mass is 79.9. The third-order valence-electron chi connectivity index (χ3n) is 6.01. The number of unbranched alkanes of at least 4 members (excludes halogenated alkanes) is 1. The van der Waals surface area contributed by atoms with Gasteiger partial charge in [-0.05, 0) is 53.8 Å². The van der Waals surface area contributed by atoms with E-state index in [4.69, 9.17) is 5.26 Å². The Morgan fingerprint density at radius 1 is 1.17 bits per heavy atom. The van der Waals surface area contributed by atoms with Crippen LogP contribution in [0.15, 0.2) is 59.5 Å². The van der Waals surface area contributed by atoms with E-state index in [-0.39, 0.29) is 0 Å². The quantitative estimate of drug-likeness (QED) is 0.441. The predicted octanol–water partition coefficient (Wildman–Crippen LogP) is 5.86. The third-order valence-corrected chi connectivity index (χ3v) is 6.50. The molecule has 5 heteroatoms. The highest BCUT2D eigenvalue weighted by molar-refractivity contribution is 9.10. The lowest BCUT2D eigenvalue weighted by atomic mass is 9.89. The number of nitriles is 1. The molecule has 1 aliphatic heterocycles. The molecule has 0 spiro atoms. The van der Waals surface area contributed by atoms with E-state index in [1.54, 1.807) is 0 Å². The molecule has 0 fully saturated rings. The maximum Gasteiger partial charge on any atom is 0.0991 e. The molecule has 1 aromatic heterocycles. The minimum absolute atomic E-state index is 0.449. The van der Waals surface area contributed by atoms with E-state index < -0.39 is 0 Å². The van der Waals surface area contributed by atoms with E-state index >= 15 is 0 Å². The van der Waals surface area contributed by atoms with Crippen molar-refractivity contribution in [1.29, 1.82) is 5.26 Å². The summed E-state index contributed by atoms with van der Waals surface area (Å²) < 4.78 is 3.39. The Kier molecular flexibility index (Phi) is 6.66. The first kappa shape index (κ1) is 20.8. The molecule has 0 radical (unpaired) electrons. The van der Waals surface area contributed by atoms with Crippen molar-refractivity contribution in [1.82, 2.24) is 14.5 Å². The van der Waals surface area contributed by atoms with Crippen LogP contribution >= 0.6 is 15.9 Å². The summed E-state index contributed by atoms with van der Waals surface area (Å²) in [6.07, 6.45) is 8.64. The smallest absolute Gasteiger partial charge is 0.0991 e. The topological polar surface area (TPSA) is 44.9 Å². The van der Waals surface area contributed by atoms with Gasteiger partial charge in [0.25, 0.3) is 0 Å². The summed E-state index contributed by atoms with van der Waals surface area (Å²) in [5.74, 6) is 0. The second kappa shape index (κ2) is 9.59. The minimum Gasteiger partial charge on any atom is -0.329 e. The van der Waals surface area contributed by atoms with Gasteiger partial charge in [-0.15, -0.1) is 0 Å². The number of fused-ring (bicyclic) bond motifs is 1. The zero-order chi connectivity index (χ0) is 20.9. The molecule has 4 nitrogen and oxygen atoms in total. The zero-order valence-corrected chi connectivity index (χ0v) is 19.0. The maximum atomic E-state index is 9.01. The number of benzene rings is 2. The largest absolute Gasteiger partial charge is 0.329 e. The lowest BCUT2D eigenvalue weighted by Gasteiger charge is -2.37. The number of imidazole rings is 1. The SMILES string of the molecule is CCCC[C@H]1c2cc(Br)ccc2CCN1Cc1cncn1Cc1ccc(C#N)cc1. The minimum atomic E-state index is 0.449. The fraction of sp³-hybridized carbons (Fsp3) is 0.360. The second-order valence-corrected chi connectivity index (χ2v) is 8.96. The number of aromatic nitrogens is 2. The van der Waals surface area contributed by atoms with E-state index in [1.807, 2.05) is 36.8 Å². The first-order valence-electron chi connectivity index (χ1n) is 10.7. The summed E-state index contributed by atoms with van der Waals surface area (Å²) >= 11 is 3.67. The summed E-state index contributed by atoms with van der Waals surface area (Å²) in [7, 11) is 0. The second-order valence-electron chi connectivity index (χ2n) is 8.04. The van der Waals surface area contributed by atoms with E-state index in [2.05, 4.69) is 61.6 Å². The average Bonchev–Trinajstić information content (AvgIpc) is 3.20. The molecular weight excluding hydrogens is 436 g/mol. The number of halogens is 1. The molecule has 154 valence electrons. The van der Waals surface area contributed by atoms with E-state index in [9.17, 15) is 0 Å². The Bertz CT molecular complexity index is 1030. The van der Waals surface area contributed by atoms with Crippen LogP contribution < -0.4 is 0 Å². The monoisotopic (exact) mass is 462 g/mol. The van der Waals surface area contributed by atoms with Crippen LogP contribution in [0.4, 0.5) is 0 Å². The Labute approximate surface area is 187 Å².